The number of rotatable bonds is 4. The van der Waals surface area contributed by atoms with E-state index in [1.165, 1.54) is 12.1 Å². The summed E-state index contributed by atoms with van der Waals surface area (Å²) in [4.78, 5) is 15.7. The summed E-state index contributed by atoms with van der Waals surface area (Å²) in [6.07, 6.45) is -2.73. The number of amides is 1. The van der Waals surface area contributed by atoms with E-state index in [1.807, 2.05) is 7.05 Å². The van der Waals surface area contributed by atoms with Crippen molar-refractivity contribution >= 4 is 17.5 Å². The minimum Gasteiger partial charge on any atom is -0.341 e. The SMILES string of the molecule is CC(Cl)C(=O)N1CCC(N(C)Cc2cccc(C(F)(F)F)c2)CC1. The quantitative estimate of drug-likeness (QED) is 0.761. The maximum absolute atomic E-state index is 12.8. The van der Waals surface area contributed by atoms with Crippen LogP contribution in [-0.2, 0) is 17.5 Å². The van der Waals surface area contributed by atoms with E-state index in [-0.39, 0.29) is 11.9 Å². The number of carbonyl (C=O) groups excluding carboxylic acids is 1. The van der Waals surface area contributed by atoms with E-state index in [2.05, 4.69) is 4.90 Å². The van der Waals surface area contributed by atoms with Crippen LogP contribution in [0.2, 0.25) is 0 Å². The summed E-state index contributed by atoms with van der Waals surface area (Å²) in [5.41, 5.74) is 0.0186. The lowest BCUT2D eigenvalue weighted by atomic mass is 10.0. The van der Waals surface area contributed by atoms with Crippen molar-refractivity contribution in [3.05, 3.63) is 35.4 Å². The maximum atomic E-state index is 12.8. The molecule has 0 aromatic heterocycles. The van der Waals surface area contributed by atoms with Crippen LogP contribution in [0.4, 0.5) is 13.2 Å². The Morgan fingerprint density at radius 3 is 2.54 bits per heavy atom. The zero-order valence-electron chi connectivity index (χ0n) is 13.8. The first kappa shape index (κ1) is 19.1. The largest absolute Gasteiger partial charge is 0.416 e. The van der Waals surface area contributed by atoms with E-state index < -0.39 is 17.1 Å². The van der Waals surface area contributed by atoms with Crippen molar-refractivity contribution in [3.8, 4) is 0 Å². The zero-order valence-corrected chi connectivity index (χ0v) is 14.6. The van der Waals surface area contributed by atoms with Gasteiger partial charge in [-0.15, -0.1) is 11.6 Å². The molecule has 0 N–H and O–H groups in total. The second-order valence-electron chi connectivity index (χ2n) is 6.29. The van der Waals surface area contributed by atoms with Crippen molar-refractivity contribution in [2.45, 2.75) is 43.9 Å². The smallest absolute Gasteiger partial charge is 0.341 e. The molecule has 0 aliphatic carbocycles. The van der Waals surface area contributed by atoms with Gasteiger partial charge in [0.25, 0.3) is 0 Å². The average molecular weight is 363 g/mol. The van der Waals surface area contributed by atoms with Crippen LogP contribution in [0, 0.1) is 0 Å². The summed E-state index contributed by atoms with van der Waals surface area (Å²) < 4.78 is 38.3. The van der Waals surface area contributed by atoms with E-state index in [0.717, 1.165) is 18.9 Å². The van der Waals surface area contributed by atoms with Gasteiger partial charge in [0.15, 0.2) is 0 Å². The molecule has 1 unspecified atom stereocenters. The van der Waals surface area contributed by atoms with E-state index in [1.54, 1.807) is 17.9 Å². The number of alkyl halides is 4. The van der Waals surface area contributed by atoms with Crippen LogP contribution in [0.5, 0.6) is 0 Å². The number of hydrogen-bond acceptors (Lipinski definition) is 2. The van der Waals surface area contributed by atoms with Gasteiger partial charge in [0.2, 0.25) is 5.91 Å². The highest BCUT2D eigenvalue weighted by Crippen LogP contribution is 2.30. The number of benzene rings is 1. The third-order valence-electron chi connectivity index (χ3n) is 4.43. The molecule has 1 fully saturated rings. The average Bonchev–Trinajstić information content (AvgIpc) is 2.53. The molecule has 1 aliphatic heterocycles. The monoisotopic (exact) mass is 362 g/mol. The van der Waals surface area contributed by atoms with Gasteiger partial charge < -0.3 is 4.90 Å². The number of likely N-dealkylation sites (tertiary alicyclic amines) is 1. The summed E-state index contributed by atoms with van der Waals surface area (Å²) in [5, 5.41) is -0.524. The van der Waals surface area contributed by atoms with Gasteiger partial charge in [0.05, 0.1) is 5.56 Å². The second-order valence-corrected chi connectivity index (χ2v) is 6.94. The van der Waals surface area contributed by atoms with Gasteiger partial charge in [-0.05, 0) is 38.4 Å². The first-order valence-electron chi connectivity index (χ1n) is 7.97. The maximum Gasteiger partial charge on any atom is 0.416 e. The Kier molecular flexibility index (Phi) is 6.15. The van der Waals surface area contributed by atoms with E-state index in [4.69, 9.17) is 11.6 Å². The molecule has 24 heavy (non-hydrogen) atoms. The molecule has 134 valence electrons. The Morgan fingerprint density at radius 1 is 1.38 bits per heavy atom. The summed E-state index contributed by atoms with van der Waals surface area (Å²) >= 11 is 5.83. The molecule has 1 atom stereocenters. The Morgan fingerprint density at radius 2 is 2.00 bits per heavy atom. The predicted molar refractivity (Wildman–Crippen MR) is 87.8 cm³/mol. The standard InChI is InChI=1S/C17H22ClF3N2O/c1-12(18)16(24)23-8-6-15(7-9-23)22(2)11-13-4-3-5-14(10-13)17(19,20)21/h3-5,10,12,15H,6-9,11H2,1-2H3. The summed E-state index contributed by atoms with van der Waals surface area (Å²) in [6, 6.07) is 5.68. The number of hydrogen-bond donors (Lipinski definition) is 0. The van der Waals surface area contributed by atoms with Crippen molar-refractivity contribution in [2.24, 2.45) is 0 Å². The zero-order chi connectivity index (χ0) is 17.9. The molecule has 7 heteroatoms. The molecule has 2 rings (SSSR count). The molecule has 0 spiro atoms. The highest BCUT2D eigenvalue weighted by Gasteiger charge is 2.31. The van der Waals surface area contributed by atoms with Crippen LogP contribution >= 0.6 is 11.6 Å². The molecule has 0 radical (unpaired) electrons. The van der Waals surface area contributed by atoms with Crippen LogP contribution in [-0.4, -0.2) is 47.3 Å². The van der Waals surface area contributed by atoms with E-state index >= 15 is 0 Å². The third kappa shape index (κ3) is 4.86. The first-order chi connectivity index (χ1) is 11.2. The van der Waals surface area contributed by atoms with E-state index in [9.17, 15) is 18.0 Å². The van der Waals surface area contributed by atoms with Crippen molar-refractivity contribution in [1.29, 1.82) is 0 Å². The Hall–Kier alpha value is -1.27. The molecule has 1 amide bonds. The predicted octanol–water partition coefficient (Wildman–Crippen LogP) is 3.76. The van der Waals surface area contributed by atoms with Crippen LogP contribution in [0.25, 0.3) is 0 Å². The lowest BCUT2D eigenvalue weighted by Gasteiger charge is -2.37. The van der Waals surface area contributed by atoms with Crippen LogP contribution in [0.1, 0.15) is 30.9 Å². The fraction of sp³-hybridized carbons (Fsp3) is 0.588. The Labute approximate surface area is 145 Å². The minimum atomic E-state index is -4.32. The van der Waals surface area contributed by atoms with Crippen molar-refractivity contribution < 1.29 is 18.0 Å². The highest BCUT2D eigenvalue weighted by molar-refractivity contribution is 6.30. The van der Waals surface area contributed by atoms with Crippen molar-refractivity contribution in [3.63, 3.8) is 0 Å². The van der Waals surface area contributed by atoms with Gasteiger partial charge >= 0.3 is 6.18 Å². The van der Waals surface area contributed by atoms with Crippen molar-refractivity contribution in [2.75, 3.05) is 20.1 Å². The lowest BCUT2D eigenvalue weighted by Crippen LogP contribution is -2.47. The summed E-state index contributed by atoms with van der Waals surface area (Å²) in [7, 11) is 1.91. The highest BCUT2D eigenvalue weighted by atomic mass is 35.5. The topological polar surface area (TPSA) is 23.6 Å². The molecule has 0 saturated carbocycles. The Bertz CT molecular complexity index is 569. The molecule has 3 nitrogen and oxygen atoms in total. The summed E-state index contributed by atoms with van der Waals surface area (Å²) in [6.45, 7) is 3.38. The van der Waals surface area contributed by atoms with Crippen LogP contribution < -0.4 is 0 Å². The summed E-state index contributed by atoms with van der Waals surface area (Å²) in [5.74, 6) is -0.0596. The second kappa shape index (κ2) is 7.74. The molecule has 1 saturated heterocycles. The molecule has 1 aliphatic rings. The third-order valence-corrected chi connectivity index (χ3v) is 4.61. The van der Waals surface area contributed by atoms with Gasteiger partial charge in [-0.25, -0.2) is 0 Å². The minimum absolute atomic E-state index is 0.0596. The van der Waals surface area contributed by atoms with Gasteiger partial charge in [0, 0.05) is 25.7 Å². The number of nitrogens with zero attached hydrogens (tertiary/aromatic N) is 2. The van der Waals surface area contributed by atoms with Crippen molar-refractivity contribution in [1.82, 2.24) is 9.80 Å². The molecule has 1 aromatic carbocycles. The Balaban J connectivity index is 1.92. The number of halogens is 4. The van der Waals surface area contributed by atoms with E-state index in [0.29, 0.717) is 25.2 Å². The fourth-order valence-corrected chi connectivity index (χ4v) is 3.18. The lowest BCUT2D eigenvalue weighted by molar-refractivity contribution is -0.137. The fourth-order valence-electron chi connectivity index (χ4n) is 3.04. The normalized spacial score (nSPS) is 18.0. The molecular weight excluding hydrogens is 341 g/mol. The van der Waals surface area contributed by atoms with Gasteiger partial charge in [0.1, 0.15) is 5.38 Å². The molecule has 1 aromatic rings. The number of carbonyl (C=O) groups is 1. The molecule has 0 bridgehead atoms. The molecular formula is C17H22ClF3N2O. The first-order valence-corrected chi connectivity index (χ1v) is 8.41. The van der Waals surface area contributed by atoms with Crippen LogP contribution in [0.15, 0.2) is 24.3 Å². The molecule has 1 heterocycles. The van der Waals surface area contributed by atoms with Gasteiger partial charge in [-0.1, -0.05) is 18.2 Å². The number of piperidine rings is 1. The van der Waals surface area contributed by atoms with Crippen LogP contribution in [0.3, 0.4) is 0 Å². The van der Waals surface area contributed by atoms with Gasteiger partial charge in [-0.3, -0.25) is 9.69 Å². The van der Waals surface area contributed by atoms with Gasteiger partial charge in [-0.2, -0.15) is 13.2 Å².